The minimum absolute atomic E-state index is 0.0992. The highest BCUT2D eigenvalue weighted by molar-refractivity contribution is 5.90. The molecule has 0 aliphatic heterocycles. The lowest BCUT2D eigenvalue weighted by molar-refractivity contribution is -0.149. The minimum Gasteiger partial charge on any atom is -0.492 e. The second-order valence-corrected chi connectivity index (χ2v) is 9.40. The molecule has 3 rings (SSSR count). The van der Waals surface area contributed by atoms with Crippen LogP contribution in [-0.2, 0) is 16.0 Å². The number of hydrogen-bond acceptors (Lipinski definition) is 4. The number of benzene rings is 2. The predicted octanol–water partition coefficient (Wildman–Crippen LogP) is 5.36. The third-order valence-electron chi connectivity index (χ3n) is 6.69. The van der Waals surface area contributed by atoms with Gasteiger partial charge in [0.1, 0.15) is 12.4 Å². The quantitative estimate of drug-likeness (QED) is 0.425. The molecular formula is C28H38N2O5. The number of carbonyl (C=O) groups is 2. The monoisotopic (exact) mass is 482 g/mol. The van der Waals surface area contributed by atoms with Gasteiger partial charge in [0.05, 0.1) is 6.54 Å². The zero-order chi connectivity index (χ0) is 25.4. The third kappa shape index (κ3) is 7.72. The van der Waals surface area contributed by atoms with E-state index in [1.54, 1.807) is 6.92 Å². The van der Waals surface area contributed by atoms with Crippen LogP contribution in [0.2, 0.25) is 0 Å². The number of aliphatic carboxylic acids is 1. The number of aryl methyl sites for hydroxylation is 3. The second-order valence-electron chi connectivity index (χ2n) is 9.40. The fourth-order valence-corrected chi connectivity index (χ4v) is 4.18. The lowest BCUT2D eigenvalue weighted by Crippen LogP contribution is -2.42. The summed E-state index contributed by atoms with van der Waals surface area (Å²) < 4.78 is 11.2. The molecule has 190 valence electrons. The Hall–Kier alpha value is -3.06. The number of nitrogens with zero attached hydrogens (tertiary/aromatic N) is 1. The van der Waals surface area contributed by atoms with E-state index in [1.165, 1.54) is 12.0 Å². The van der Waals surface area contributed by atoms with Crippen LogP contribution < -0.4 is 10.1 Å². The molecule has 0 spiro atoms. The van der Waals surface area contributed by atoms with Gasteiger partial charge in [-0.05, 0) is 86.9 Å². The van der Waals surface area contributed by atoms with Gasteiger partial charge in [-0.3, -0.25) is 0 Å². The summed E-state index contributed by atoms with van der Waals surface area (Å²) in [7, 11) is 0. The SMILES string of the molecule is CCOC(Cc1ccc(OCCN(CC2CCC2)C(=O)Nc2cc(C)c(C)cc2C)cc1)C(=O)O. The van der Waals surface area contributed by atoms with Gasteiger partial charge in [0.15, 0.2) is 6.10 Å². The fourth-order valence-electron chi connectivity index (χ4n) is 4.18. The highest BCUT2D eigenvalue weighted by atomic mass is 16.5. The summed E-state index contributed by atoms with van der Waals surface area (Å²) in [4.78, 5) is 26.3. The number of urea groups is 1. The van der Waals surface area contributed by atoms with Crippen LogP contribution in [-0.4, -0.2) is 54.4 Å². The van der Waals surface area contributed by atoms with Crippen molar-refractivity contribution in [3.8, 4) is 5.75 Å². The van der Waals surface area contributed by atoms with Crippen LogP contribution in [0.1, 0.15) is 48.4 Å². The Morgan fingerprint density at radius 2 is 1.77 bits per heavy atom. The van der Waals surface area contributed by atoms with Gasteiger partial charge in [-0.25, -0.2) is 9.59 Å². The molecule has 0 bridgehead atoms. The lowest BCUT2D eigenvalue weighted by Gasteiger charge is -2.32. The van der Waals surface area contributed by atoms with Crippen molar-refractivity contribution in [2.45, 2.75) is 59.5 Å². The van der Waals surface area contributed by atoms with E-state index >= 15 is 0 Å². The number of hydrogen-bond donors (Lipinski definition) is 2. The summed E-state index contributed by atoms with van der Waals surface area (Å²) in [6, 6.07) is 11.4. The van der Waals surface area contributed by atoms with Gasteiger partial charge < -0.3 is 24.8 Å². The number of amides is 2. The number of carboxylic acid groups (broad SMARTS) is 1. The summed E-state index contributed by atoms with van der Waals surface area (Å²) in [5.41, 5.74) is 5.13. The molecule has 1 saturated carbocycles. The van der Waals surface area contributed by atoms with E-state index < -0.39 is 12.1 Å². The van der Waals surface area contributed by atoms with Crippen LogP contribution >= 0.6 is 0 Å². The van der Waals surface area contributed by atoms with Crippen molar-refractivity contribution in [1.29, 1.82) is 0 Å². The molecule has 2 aromatic rings. The Morgan fingerprint density at radius 3 is 2.37 bits per heavy atom. The Kier molecular flexibility index (Phi) is 9.55. The first-order valence-corrected chi connectivity index (χ1v) is 12.5. The molecule has 2 N–H and O–H groups in total. The third-order valence-corrected chi connectivity index (χ3v) is 6.69. The van der Waals surface area contributed by atoms with Crippen LogP contribution in [0, 0.1) is 26.7 Å². The van der Waals surface area contributed by atoms with Gasteiger partial charge in [0.2, 0.25) is 0 Å². The maximum absolute atomic E-state index is 13.1. The summed E-state index contributed by atoms with van der Waals surface area (Å²) in [5, 5.41) is 12.4. The largest absolute Gasteiger partial charge is 0.492 e. The fraction of sp³-hybridized carbons (Fsp3) is 0.500. The molecule has 0 heterocycles. The number of carbonyl (C=O) groups excluding carboxylic acids is 1. The molecule has 7 nitrogen and oxygen atoms in total. The van der Waals surface area contributed by atoms with E-state index in [2.05, 4.69) is 18.3 Å². The minimum atomic E-state index is -0.965. The van der Waals surface area contributed by atoms with Crippen LogP contribution in [0.15, 0.2) is 36.4 Å². The summed E-state index contributed by atoms with van der Waals surface area (Å²) in [5.74, 6) is 0.271. The average molecular weight is 483 g/mol. The Morgan fingerprint density at radius 1 is 1.09 bits per heavy atom. The van der Waals surface area contributed by atoms with E-state index in [9.17, 15) is 14.7 Å². The van der Waals surface area contributed by atoms with E-state index in [0.717, 1.165) is 41.8 Å². The highest BCUT2D eigenvalue weighted by Gasteiger charge is 2.24. The number of ether oxygens (including phenoxy) is 2. The molecule has 0 saturated heterocycles. The maximum Gasteiger partial charge on any atom is 0.333 e. The second kappa shape index (κ2) is 12.6. The van der Waals surface area contributed by atoms with Gasteiger partial charge in [0.25, 0.3) is 0 Å². The number of rotatable bonds is 12. The Balaban J connectivity index is 1.56. The molecule has 2 amide bonds. The molecule has 7 heteroatoms. The van der Waals surface area contributed by atoms with Gasteiger partial charge >= 0.3 is 12.0 Å². The van der Waals surface area contributed by atoms with Gasteiger partial charge in [0, 0.05) is 25.3 Å². The van der Waals surface area contributed by atoms with Crippen molar-refractivity contribution in [2.24, 2.45) is 5.92 Å². The molecular weight excluding hydrogens is 444 g/mol. The molecule has 1 fully saturated rings. The van der Waals surface area contributed by atoms with Crippen molar-refractivity contribution in [3.05, 3.63) is 58.7 Å². The van der Waals surface area contributed by atoms with E-state index in [-0.39, 0.29) is 6.03 Å². The predicted molar refractivity (Wildman–Crippen MR) is 137 cm³/mol. The van der Waals surface area contributed by atoms with Gasteiger partial charge in [-0.15, -0.1) is 0 Å². The number of anilines is 1. The normalized spacial score (nSPS) is 14.2. The summed E-state index contributed by atoms with van der Waals surface area (Å²) in [6.45, 7) is 9.86. The standard InChI is InChI=1S/C28H38N2O5/c1-5-34-26(27(31)32)17-22-9-11-24(12-10-22)35-14-13-30(18-23-7-6-8-23)28(33)29-25-16-20(3)19(2)15-21(25)4/h9-12,15-16,23,26H,5-8,13-14,17-18H2,1-4H3,(H,29,33)(H,31,32). The van der Waals surface area contributed by atoms with E-state index in [0.29, 0.717) is 37.8 Å². The number of nitrogens with one attached hydrogen (secondary N) is 1. The first kappa shape index (κ1) is 26.5. The molecule has 1 unspecified atom stereocenters. The topological polar surface area (TPSA) is 88.1 Å². The average Bonchev–Trinajstić information content (AvgIpc) is 2.79. The van der Waals surface area contributed by atoms with Crippen molar-refractivity contribution in [2.75, 3.05) is 31.6 Å². The van der Waals surface area contributed by atoms with Crippen LogP contribution in [0.4, 0.5) is 10.5 Å². The Bertz CT molecular complexity index is 1000. The van der Waals surface area contributed by atoms with E-state index in [1.807, 2.05) is 49.1 Å². The molecule has 0 aromatic heterocycles. The maximum atomic E-state index is 13.1. The zero-order valence-electron chi connectivity index (χ0n) is 21.3. The van der Waals surface area contributed by atoms with Crippen LogP contribution in [0.3, 0.4) is 0 Å². The smallest absolute Gasteiger partial charge is 0.333 e. The zero-order valence-corrected chi connectivity index (χ0v) is 21.3. The lowest BCUT2D eigenvalue weighted by atomic mass is 9.85. The molecule has 0 radical (unpaired) electrons. The molecule has 35 heavy (non-hydrogen) atoms. The molecule has 2 aromatic carbocycles. The van der Waals surface area contributed by atoms with Crippen molar-refractivity contribution < 1.29 is 24.2 Å². The Labute approximate surface area is 208 Å². The molecule has 1 atom stereocenters. The summed E-state index contributed by atoms with van der Waals surface area (Å²) >= 11 is 0. The first-order valence-electron chi connectivity index (χ1n) is 12.5. The summed E-state index contributed by atoms with van der Waals surface area (Å²) in [6.07, 6.45) is 3.00. The molecule has 1 aliphatic rings. The number of carboxylic acids is 1. The molecule has 1 aliphatic carbocycles. The van der Waals surface area contributed by atoms with Crippen molar-refractivity contribution in [3.63, 3.8) is 0 Å². The van der Waals surface area contributed by atoms with Gasteiger partial charge in [-0.2, -0.15) is 0 Å². The first-order chi connectivity index (χ1) is 16.8. The van der Waals surface area contributed by atoms with Crippen LogP contribution in [0.5, 0.6) is 5.75 Å². The van der Waals surface area contributed by atoms with Crippen molar-refractivity contribution >= 4 is 17.7 Å². The van der Waals surface area contributed by atoms with E-state index in [4.69, 9.17) is 9.47 Å². The van der Waals surface area contributed by atoms with Gasteiger partial charge in [-0.1, -0.05) is 24.6 Å². The van der Waals surface area contributed by atoms with Crippen molar-refractivity contribution in [1.82, 2.24) is 4.90 Å². The highest BCUT2D eigenvalue weighted by Crippen LogP contribution is 2.28. The van der Waals surface area contributed by atoms with Crippen LogP contribution in [0.25, 0.3) is 0 Å².